The van der Waals surface area contributed by atoms with Crippen LogP contribution in [0.15, 0.2) is 24.3 Å². The molecule has 0 bridgehead atoms. The van der Waals surface area contributed by atoms with Crippen LogP contribution in [0.2, 0.25) is 0 Å². The van der Waals surface area contributed by atoms with Gasteiger partial charge in [0.25, 0.3) is 0 Å². The van der Waals surface area contributed by atoms with E-state index in [9.17, 15) is 35.4 Å². The van der Waals surface area contributed by atoms with Gasteiger partial charge in [-0.2, -0.15) is 0 Å². The standard InChI is InChI=1S/C22H32O10/c23-14-3-1-13(2-4-14)11-17(25)31-12-16-18(26)19(27)20(28)21(32-16)30-10-9-22(29)7-5-15(24)6-8-22/h1-4,15-16,18-21,23-24,26-29H,5-12H2/t15?,16-,18-,19+,20-,21+,22?/m1/s1. The van der Waals surface area contributed by atoms with Crippen LogP contribution >= 0.6 is 0 Å². The Morgan fingerprint density at radius 2 is 1.69 bits per heavy atom. The second-order valence-electron chi connectivity index (χ2n) is 8.62. The Kier molecular flexibility index (Phi) is 8.45. The first kappa shape index (κ1) is 24.8. The van der Waals surface area contributed by atoms with E-state index in [4.69, 9.17) is 14.2 Å². The first-order valence-corrected chi connectivity index (χ1v) is 10.8. The van der Waals surface area contributed by atoms with Crippen LogP contribution in [-0.4, -0.2) is 92.2 Å². The summed E-state index contributed by atoms with van der Waals surface area (Å²) in [5, 5.41) is 59.9. The van der Waals surface area contributed by atoms with Crippen LogP contribution in [0.5, 0.6) is 5.75 Å². The van der Waals surface area contributed by atoms with Crippen molar-refractivity contribution in [3.63, 3.8) is 0 Å². The summed E-state index contributed by atoms with van der Waals surface area (Å²) in [7, 11) is 0. The first-order valence-electron chi connectivity index (χ1n) is 10.8. The molecule has 0 aromatic heterocycles. The van der Waals surface area contributed by atoms with Gasteiger partial charge in [0.15, 0.2) is 6.29 Å². The van der Waals surface area contributed by atoms with Crippen molar-refractivity contribution in [1.29, 1.82) is 0 Å². The predicted molar refractivity (Wildman–Crippen MR) is 109 cm³/mol. The number of hydrogen-bond acceptors (Lipinski definition) is 10. The molecular weight excluding hydrogens is 424 g/mol. The second kappa shape index (κ2) is 10.9. The van der Waals surface area contributed by atoms with Crippen LogP contribution in [0.25, 0.3) is 0 Å². The lowest BCUT2D eigenvalue weighted by molar-refractivity contribution is -0.303. The highest BCUT2D eigenvalue weighted by atomic mass is 16.7. The molecule has 180 valence electrons. The largest absolute Gasteiger partial charge is 0.508 e. The molecule has 2 fully saturated rings. The van der Waals surface area contributed by atoms with Crippen LogP contribution < -0.4 is 0 Å². The maximum Gasteiger partial charge on any atom is 0.310 e. The molecule has 1 heterocycles. The van der Waals surface area contributed by atoms with E-state index in [0.717, 1.165) is 0 Å². The lowest BCUT2D eigenvalue weighted by Gasteiger charge is -2.40. The fourth-order valence-electron chi connectivity index (χ4n) is 3.95. The van der Waals surface area contributed by atoms with Gasteiger partial charge in [0.2, 0.25) is 0 Å². The summed E-state index contributed by atoms with van der Waals surface area (Å²) in [5.74, 6) is -0.515. The molecule has 1 aromatic rings. The molecule has 0 amide bonds. The summed E-state index contributed by atoms with van der Waals surface area (Å²) in [4.78, 5) is 12.1. The van der Waals surface area contributed by atoms with Crippen molar-refractivity contribution >= 4 is 5.97 Å². The molecule has 0 radical (unpaired) electrons. The Morgan fingerprint density at radius 1 is 1.03 bits per heavy atom. The van der Waals surface area contributed by atoms with Gasteiger partial charge in [0.05, 0.1) is 24.7 Å². The van der Waals surface area contributed by atoms with Crippen molar-refractivity contribution in [2.75, 3.05) is 13.2 Å². The summed E-state index contributed by atoms with van der Waals surface area (Å²) in [5.41, 5.74) is -0.345. The molecule has 1 aromatic carbocycles. The molecule has 10 heteroatoms. The minimum atomic E-state index is -1.57. The van der Waals surface area contributed by atoms with Crippen molar-refractivity contribution in [3.8, 4) is 5.75 Å². The summed E-state index contributed by atoms with van der Waals surface area (Å²) < 4.78 is 16.2. The van der Waals surface area contributed by atoms with Crippen LogP contribution in [0.4, 0.5) is 0 Å². The highest BCUT2D eigenvalue weighted by molar-refractivity contribution is 5.72. The fraction of sp³-hybridized carbons (Fsp3) is 0.682. The second-order valence-corrected chi connectivity index (χ2v) is 8.62. The Hall–Kier alpha value is -1.79. The van der Waals surface area contributed by atoms with E-state index in [0.29, 0.717) is 31.2 Å². The number of phenols is 1. The molecule has 2 aliphatic rings. The van der Waals surface area contributed by atoms with E-state index in [1.54, 1.807) is 12.1 Å². The van der Waals surface area contributed by atoms with E-state index >= 15 is 0 Å². The lowest BCUT2D eigenvalue weighted by atomic mass is 9.81. The number of aliphatic hydroxyl groups is 5. The average molecular weight is 456 g/mol. The Bertz CT molecular complexity index is 731. The molecule has 1 aliphatic heterocycles. The third-order valence-corrected chi connectivity index (χ3v) is 6.10. The Balaban J connectivity index is 1.47. The number of phenolic OH excluding ortho intramolecular Hbond substituents is 1. The zero-order valence-electron chi connectivity index (χ0n) is 17.7. The third kappa shape index (κ3) is 6.61. The minimum Gasteiger partial charge on any atom is -0.508 e. The van der Waals surface area contributed by atoms with Crippen molar-refractivity contribution in [3.05, 3.63) is 29.8 Å². The first-order chi connectivity index (χ1) is 15.2. The van der Waals surface area contributed by atoms with Crippen LogP contribution in [0, 0.1) is 0 Å². The number of ether oxygens (including phenoxy) is 3. The molecular formula is C22H32O10. The SMILES string of the molecule is O=C(Cc1ccc(O)cc1)OC[C@H]1O[C@H](OCCC2(O)CCC(O)CC2)[C@H](O)[C@@H](O)[C@@H]1O. The van der Waals surface area contributed by atoms with Gasteiger partial charge in [-0.1, -0.05) is 12.1 Å². The Labute approximate surface area is 186 Å². The summed E-state index contributed by atoms with van der Waals surface area (Å²) >= 11 is 0. The number of carbonyl (C=O) groups is 1. The molecule has 0 unspecified atom stereocenters. The molecule has 1 saturated carbocycles. The Morgan fingerprint density at radius 3 is 2.34 bits per heavy atom. The van der Waals surface area contributed by atoms with Gasteiger partial charge in [-0.05, 0) is 49.8 Å². The van der Waals surface area contributed by atoms with Crippen LogP contribution in [0.1, 0.15) is 37.7 Å². The minimum absolute atomic E-state index is 0.0322. The number of benzene rings is 1. The molecule has 32 heavy (non-hydrogen) atoms. The summed E-state index contributed by atoms with van der Waals surface area (Å²) in [6, 6.07) is 6.05. The number of esters is 1. The third-order valence-electron chi connectivity index (χ3n) is 6.10. The van der Waals surface area contributed by atoms with Crippen molar-refractivity contribution < 1.29 is 49.6 Å². The van der Waals surface area contributed by atoms with E-state index in [1.807, 2.05) is 0 Å². The number of carbonyl (C=O) groups excluding carboxylic acids is 1. The number of hydrogen-bond donors (Lipinski definition) is 6. The topological polar surface area (TPSA) is 166 Å². The monoisotopic (exact) mass is 456 g/mol. The van der Waals surface area contributed by atoms with Gasteiger partial charge < -0.3 is 44.8 Å². The van der Waals surface area contributed by atoms with Crippen LogP contribution in [-0.2, 0) is 25.4 Å². The molecule has 1 aliphatic carbocycles. The number of aliphatic hydroxyl groups excluding tert-OH is 4. The molecule has 6 N–H and O–H groups in total. The highest BCUT2D eigenvalue weighted by Crippen LogP contribution is 2.31. The van der Waals surface area contributed by atoms with Gasteiger partial charge in [-0.15, -0.1) is 0 Å². The molecule has 3 rings (SSSR count). The summed E-state index contributed by atoms with van der Waals surface area (Å²) in [6.45, 7) is -0.325. The average Bonchev–Trinajstić information content (AvgIpc) is 2.77. The zero-order valence-corrected chi connectivity index (χ0v) is 17.7. The molecule has 1 saturated heterocycles. The van der Waals surface area contributed by atoms with E-state index in [1.165, 1.54) is 12.1 Å². The van der Waals surface area contributed by atoms with Gasteiger partial charge in [-0.3, -0.25) is 4.79 Å². The normalized spacial score (nSPS) is 35.4. The smallest absolute Gasteiger partial charge is 0.310 e. The lowest BCUT2D eigenvalue weighted by Crippen LogP contribution is -2.59. The van der Waals surface area contributed by atoms with Crippen LogP contribution in [0.3, 0.4) is 0 Å². The highest BCUT2D eigenvalue weighted by Gasteiger charge is 2.45. The van der Waals surface area contributed by atoms with Gasteiger partial charge in [-0.25, -0.2) is 0 Å². The van der Waals surface area contributed by atoms with Gasteiger partial charge >= 0.3 is 5.97 Å². The van der Waals surface area contributed by atoms with E-state index < -0.39 is 48.4 Å². The van der Waals surface area contributed by atoms with Gasteiger partial charge in [0.1, 0.15) is 36.8 Å². The van der Waals surface area contributed by atoms with Gasteiger partial charge in [0, 0.05) is 0 Å². The van der Waals surface area contributed by atoms with Crippen molar-refractivity contribution in [1.82, 2.24) is 0 Å². The molecule has 0 spiro atoms. The zero-order chi connectivity index (χ0) is 23.3. The molecule has 5 atom stereocenters. The number of rotatable bonds is 8. The maximum absolute atomic E-state index is 12.1. The fourth-order valence-corrected chi connectivity index (χ4v) is 3.95. The van der Waals surface area contributed by atoms with Crippen molar-refractivity contribution in [2.45, 2.75) is 80.9 Å². The van der Waals surface area contributed by atoms with E-state index in [2.05, 4.69) is 0 Å². The quantitative estimate of drug-likeness (QED) is 0.277. The maximum atomic E-state index is 12.1. The predicted octanol–water partition coefficient (Wildman–Crippen LogP) is -0.642. The van der Waals surface area contributed by atoms with Crippen molar-refractivity contribution in [2.24, 2.45) is 0 Å². The molecule has 10 nitrogen and oxygen atoms in total. The summed E-state index contributed by atoms with van der Waals surface area (Å²) in [6.07, 6.45) is -5.29. The number of aromatic hydroxyl groups is 1. The van der Waals surface area contributed by atoms with E-state index in [-0.39, 0.29) is 31.8 Å².